The highest BCUT2D eigenvalue weighted by Crippen LogP contribution is 2.13. The fourth-order valence-electron chi connectivity index (χ4n) is 2.60. The van der Waals surface area contributed by atoms with E-state index in [1.54, 1.807) is 0 Å². The molecule has 0 amide bonds. The van der Waals surface area contributed by atoms with Crippen molar-refractivity contribution in [3.63, 3.8) is 0 Å². The van der Waals surface area contributed by atoms with Gasteiger partial charge in [0.15, 0.2) is 0 Å². The van der Waals surface area contributed by atoms with Gasteiger partial charge >= 0.3 is 0 Å². The van der Waals surface area contributed by atoms with E-state index in [1.165, 1.54) is 52.1 Å². The van der Waals surface area contributed by atoms with Crippen LogP contribution < -0.4 is 10.6 Å². The van der Waals surface area contributed by atoms with Crippen molar-refractivity contribution in [3.8, 4) is 0 Å². The van der Waals surface area contributed by atoms with Gasteiger partial charge in [-0.15, -0.1) is 0 Å². The summed E-state index contributed by atoms with van der Waals surface area (Å²) in [5.41, 5.74) is 0. The van der Waals surface area contributed by atoms with Gasteiger partial charge in [0.2, 0.25) is 0 Å². The summed E-state index contributed by atoms with van der Waals surface area (Å²) >= 11 is 0. The van der Waals surface area contributed by atoms with Crippen LogP contribution in [0.4, 0.5) is 0 Å². The maximum atomic E-state index is 3.51. The van der Waals surface area contributed by atoms with Crippen LogP contribution in [-0.2, 0) is 0 Å². The molecule has 2 unspecified atom stereocenters. The molecule has 0 bridgehead atoms. The molecule has 0 spiro atoms. The lowest BCUT2D eigenvalue weighted by Gasteiger charge is -2.34. The minimum Gasteiger partial charge on any atom is -0.315 e. The molecule has 2 heterocycles. The SMILES string of the molecule is CC1CNCCN(C2CCCNC2)C1. The molecule has 0 aromatic heterocycles. The summed E-state index contributed by atoms with van der Waals surface area (Å²) < 4.78 is 0. The molecule has 0 aliphatic carbocycles. The van der Waals surface area contributed by atoms with Crippen molar-refractivity contribution in [2.45, 2.75) is 25.8 Å². The van der Waals surface area contributed by atoms with Crippen molar-refractivity contribution >= 4 is 0 Å². The molecule has 2 atom stereocenters. The molecule has 2 aliphatic rings. The molecule has 82 valence electrons. The molecule has 2 saturated heterocycles. The van der Waals surface area contributed by atoms with Crippen LogP contribution >= 0.6 is 0 Å². The highest BCUT2D eigenvalue weighted by molar-refractivity contribution is 4.82. The summed E-state index contributed by atoms with van der Waals surface area (Å²) in [4.78, 5) is 2.68. The summed E-state index contributed by atoms with van der Waals surface area (Å²) in [5.74, 6) is 0.805. The first-order valence-electron chi connectivity index (χ1n) is 6.02. The Labute approximate surface area is 87.2 Å². The Balaban J connectivity index is 1.87. The van der Waals surface area contributed by atoms with Crippen molar-refractivity contribution in [3.05, 3.63) is 0 Å². The zero-order valence-electron chi connectivity index (χ0n) is 9.26. The monoisotopic (exact) mass is 197 g/mol. The first-order chi connectivity index (χ1) is 6.86. The quantitative estimate of drug-likeness (QED) is 0.632. The van der Waals surface area contributed by atoms with Gasteiger partial charge in [-0.2, -0.15) is 0 Å². The Morgan fingerprint density at radius 1 is 1.14 bits per heavy atom. The molecule has 14 heavy (non-hydrogen) atoms. The predicted molar refractivity (Wildman–Crippen MR) is 59.5 cm³/mol. The Hall–Kier alpha value is -0.120. The van der Waals surface area contributed by atoms with Crippen LogP contribution in [0.2, 0.25) is 0 Å². The van der Waals surface area contributed by atoms with Gasteiger partial charge in [0.25, 0.3) is 0 Å². The van der Waals surface area contributed by atoms with E-state index < -0.39 is 0 Å². The van der Waals surface area contributed by atoms with Crippen LogP contribution in [0.3, 0.4) is 0 Å². The molecule has 0 aromatic rings. The van der Waals surface area contributed by atoms with E-state index in [0.29, 0.717) is 0 Å². The predicted octanol–water partition coefficient (Wildman–Crippen LogP) is 0.280. The maximum absolute atomic E-state index is 3.51. The molecule has 2 rings (SSSR count). The lowest BCUT2D eigenvalue weighted by Crippen LogP contribution is -2.47. The van der Waals surface area contributed by atoms with Gasteiger partial charge in [0.05, 0.1) is 0 Å². The number of nitrogens with one attached hydrogen (secondary N) is 2. The Morgan fingerprint density at radius 2 is 2.00 bits per heavy atom. The van der Waals surface area contributed by atoms with Crippen LogP contribution in [0.25, 0.3) is 0 Å². The summed E-state index contributed by atoms with van der Waals surface area (Å²) in [5, 5.41) is 7.01. The molecule has 2 aliphatic heterocycles. The minimum absolute atomic E-state index is 0.797. The van der Waals surface area contributed by atoms with Crippen LogP contribution in [0, 0.1) is 5.92 Å². The number of hydrogen-bond acceptors (Lipinski definition) is 3. The third-order valence-electron chi connectivity index (χ3n) is 3.40. The van der Waals surface area contributed by atoms with E-state index in [1.807, 2.05) is 0 Å². The summed E-state index contributed by atoms with van der Waals surface area (Å²) in [6, 6.07) is 0.797. The van der Waals surface area contributed by atoms with Gasteiger partial charge in [0.1, 0.15) is 0 Å². The molecular formula is C11H23N3. The molecule has 2 fully saturated rings. The summed E-state index contributed by atoms with van der Waals surface area (Å²) in [7, 11) is 0. The molecule has 0 radical (unpaired) electrons. The fourth-order valence-corrected chi connectivity index (χ4v) is 2.60. The van der Waals surface area contributed by atoms with Gasteiger partial charge in [-0.3, -0.25) is 4.90 Å². The Kier molecular flexibility index (Phi) is 3.79. The highest BCUT2D eigenvalue weighted by Gasteiger charge is 2.23. The fraction of sp³-hybridized carbons (Fsp3) is 1.00. The normalized spacial score (nSPS) is 36.6. The Morgan fingerprint density at radius 3 is 2.79 bits per heavy atom. The third kappa shape index (κ3) is 2.69. The largest absolute Gasteiger partial charge is 0.315 e. The zero-order chi connectivity index (χ0) is 9.80. The van der Waals surface area contributed by atoms with E-state index in [2.05, 4.69) is 22.5 Å². The second-order valence-corrected chi connectivity index (χ2v) is 4.80. The van der Waals surface area contributed by atoms with Crippen molar-refractivity contribution in [1.29, 1.82) is 0 Å². The van der Waals surface area contributed by atoms with Crippen molar-refractivity contribution in [1.82, 2.24) is 15.5 Å². The van der Waals surface area contributed by atoms with Crippen molar-refractivity contribution in [2.75, 3.05) is 39.3 Å². The number of nitrogens with zero attached hydrogens (tertiary/aromatic N) is 1. The van der Waals surface area contributed by atoms with Crippen LogP contribution in [0.5, 0.6) is 0 Å². The molecule has 2 N–H and O–H groups in total. The summed E-state index contributed by atoms with van der Waals surface area (Å²) in [6.45, 7) is 9.64. The van der Waals surface area contributed by atoms with Gasteiger partial charge < -0.3 is 10.6 Å². The summed E-state index contributed by atoms with van der Waals surface area (Å²) in [6.07, 6.45) is 2.74. The van der Waals surface area contributed by atoms with Crippen molar-refractivity contribution < 1.29 is 0 Å². The Bertz CT molecular complexity index is 166. The maximum Gasteiger partial charge on any atom is 0.0221 e. The van der Waals surface area contributed by atoms with Crippen LogP contribution in [0.1, 0.15) is 19.8 Å². The smallest absolute Gasteiger partial charge is 0.0221 e. The van der Waals surface area contributed by atoms with Gasteiger partial charge in [0, 0.05) is 32.2 Å². The standard InChI is InChI=1S/C11H23N3/c1-10-7-13-5-6-14(9-10)11-3-2-4-12-8-11/h10-13H,2-9H2,1H3. The minimum atomic E-state index is 0.797. The molecule has 3 nitrogen and oxygen atoms in total. The number of piperidine rings is 1. The second kappa shape index (κ2) is 5.10. The van der Waals surface area contributed by atoms with Crippen molar-refractivity contribution in [2.24, 2.45) is 5.92 Å². The van der Waals surface area contributed by atoms with Gasteiger partial charge in [-0.05, 0) is 31.8 Å². The first-order valence-corrected chi connectivity index (χ1v) is 6.02. The van der Waals surface area contributed by atoms with E-state index in [4.69, 9.17) is 0 Å². The van der Waals surface area contributed by atoms with E-state index in [0.717, 1.165) is 12.0 Å². The average molecular weight is 197 g/mol. The molecule has 3 heteroatoms. The molecular weight excluding hydrogens is 174 g/mol. The van der Waals surface area contributed by atoms with Gasteiger partial charge in [-0.25, -0.2) is 0 Å². The zero-order valence-corrected chi connectivity index (χ0v) is 9.26. The molecule has 0 saturated carbocycles. The number of rotatable bonds is 1. The highest BCUT2D eigenvalue weighted by atomic mass is 15.2. The van der Waals surface area contributed by atoms with Crippen LogP contribution in [-0.4, -0.2) is 50.2 Å². The third-order valence-corrected chi connectivity index (χ3v) is 3.40. The van der Waals surface area contributed by atoms with E-state index in [-0.39, 0.29) is 0 Å². The van der Waals surface area contributed by atoms with Gasteiger partial charge in [-0.1, -0.05) is 6.92 Å². The number of hydrogen-bond donors (Lipinski definition) is 2. The van der Waals surface area contributed by atoms with E-state index >= 15 is 0 Å². The topological polar surface area (TPSA) is 27.3 Å². The van der Waals surface area contributed by atoms with Crippen LogP contribution in [0.15, 0.2) is 0 Å². The lowest BCUT2D eigenvalue weighted by atomic mass is 10.0. The van der Waals surface area contributed by atoms with E-state index in [9.17, 15) is 0 Å². The first kappa shape index (κ1) is 10.4. The second-order valence-electron chi connectivity index (χ2n) is 4.80. The lowest BCUT2D eigenvalue weighted by molar-refractivity contribution is 0.161. The molecule has 0 aromatic carbocycles. The average Bonchev–Trinajstić information content (AvgIpc) is 2.44.